The number of hydrogen-bond donors (Lipinski definition) is 0. The molecule has 5 aromatic rings. The first-order valence-electron chi connectivity index (χ1n) is 11.9. The Morgan fingerprint density at radius 2 is 1.89 bits per heavy atom. The zero-order valence-electron chi connectivity index (χ0n) is 20.9. The van der Waals surface area contributed by atoms with Gasteiger partial charge >= 0.3 is 5.97 Å². The molecule has 0 saturated heterocycles. The zero-order chi connectivity index (χ0) is 27.0. The number of ether oxygens (including phenoxy) is 1. The van der Waals surface area contributed by atoms with Crippen molar-refractivity contribution in [2.75, 3.05) is 18.6 Å². The largest absolute Gasteiger partial charge is 0.462 e. The minimum atomic E-state index is -0.585. The molecule has 0 bridgehead atoms. The maximum atomic E-state index is 14.1. The fraction of sp³-hybridized carbons (Fsp3) is 0.179. The van der Waals surface area contributed by atoms with E-state index in [4.69, 9.17) is 9.15 Å². The van der Waals surface area contributed by atoms with Gasteiger partial charge in [0.05, 0.1) is 23.3 Å². The minimum Gasteiger partial charge on any atom is -0.462 e. The zero-order valence-corrected chi connectivity index (χ0v) is 20.9. The van der Waals surface area contributed by atoms with E-state index in [0.29, 0.717) is 39.3 Å². The number of aromatic nitrogens is 3. The number of halogens is 1. The molecule has 3 aromatic carbocycles. The summed E-state index contributed by atoms with van der Waals surface area (Å²) in [5.41, 5.74) is 2.05. The van der Waals surface area contributed by atoms with Gasteiger partial charge in [-0.2, -0.15) is 5.10 Å². The molecule has 0 fully saturated rings. The highest BCUT2D eigenvalue weighted by atomic mass is 19.1. The van der Waals surface area contributed by atoms with E-state index < -0.39 is 29.8 Å². The number of esters is 1. The molecule has 0 spiro atoms. The molecule has 38 heavy (non-hydrogen) atoms. The van der Waals surface area contributed by atoms with Crippen LogP contribution in [-0.4, -0.2) is 40.3 Å². The maximum Gasteiger partial charge on any atom is 0.338 e. The van der Waals surface area contributed by atoms with Crippen molar-refractivity contribution >= 4 is 39.4 Å². The summed E-state index contributed by atoms with van der Waals surface area (Å²) in [6, 6.07) is 15.4. The number of aryl methyl sites for hydroxylation is 1. The monoisotopic (exact) mass is 514 g/mol. The number of carbonyl (C=O) groups excluding carboxylic acids is 2. The van der Waals surface area contributed by atoms with Crippen LogP contribution in [0.2, 0.25) is 0 Å². The Labute approximate surface area is 216 Å². The quantitative estimate of drug-likeness (QED) is 0.307. The summed E-state index contributed by atoms with van der Waals surface area (Å²) in [7, 11) is 1.57. The number of likely N-dealkylation sites (N-methyl/N-ethyl adjacent to an activating group) is 1. The van der Waals surface area contributed by atoms with Gasteiger partial charge in [-0.3, -0.25) is 9.59 Å². The summed E-state index contributed by atoms with van der Waals surface area (Å²) in [6.07, 6.45) is 0. The van der Waals surface area contributed by atoms with E-state index in [0.717, 1.165) is 4.68 Å². The van der Waals surface area contributed by atoms with Gasteiger partial charge in [-0.25, -0.2) is 18.9 Å². The molecule has 0 radical (unpaired) electrons. The number of benzene rings is 3. The molecule has 0 atom stereocenters. The molecule has 192 valence electrons. The Hall–Kier alpha value is -4.86. The van der Waals surface area contributed by atoms with Crippen LogP contribution in [0, 0.1) is 12.7 Å². The highest BCUT2D eigenvalue weighted by Crippen LogP contribution is 2.27. The van der Waals surface area contributed by atoms with Gasteiger partial charge in [0.1, 0.15) is 17.9 Å². The molecule has 0 N–H and O–H groups in total. The van der Waals surface area contributed by atoms with E-state index in [1.807, 2.05) is 0 Å². The smallest absolute Gasteiger partial charge is 0.338 e. The number of nitrogens with zero attached hydrogens (tertiary/aromatic N) is 4. The minimum absolute atomic E-state index is 0.152. The summed E-state index contributed by atoms with van der Waals surface area (Å²) < 4.78 is 25.7. The van der Waals surface area contributed by atoms with Gasteiger partial charge in [-0.1, -0.05) is 18.2 Å². The van der Waals surface area contributed by atoms with Crippen LogP contribution in [-0.2, 0) is 16.1 Å². The van der Waals surface area contributed by atoms with Gasteiger partial charge in [0.2, 0.25) is 5.91 Å². The lowest BCUT2D eigenvalue weighted by molar-refractivity contribution is -0.119. The number of carbonyl (C=O) groups is 2. The third-order valence-electron chi connectivity index (χ3n) is 6.09. The first kappa shape index (κ1) is 24.8. The van der Waals surface area contributed by atoms with Crippen molar-refractivity contribution in [3.8, 4) is 11.3 Å². The lowest BCUT2D eigenvalue weighted by Crippen LogP contribution is -2.35. The van der Waals surface area contributed by atoms with Crippen molar-refractivity contribution in [2.24, 2.45) is 0 Å². The van der Waals surface area contributed by atoms with Crippen LogP contribution >= 0.6 is 0 Å². The molecular weight excluding hydrogens is 491 g/mol. The van der Waals surface area contributed by atoms with Gasteiger partial charge in [0, 0.05) is 36.7 Å². The van der Waals surface area contributed by atoms with Crippen molar-refractivity contribution in [2.45, 2.75) is 20.4 Å². The number of rotatable bonds is 6. The van der Waals surface area contributed by atoms with Crippen LogP contribution < -0.4 is 10.5 Å². The van der Waals surface area contributed by atoms with Crippen molar-refractivity contribution in [3.63, 3.8) is 0 Å². The van der Waals surface area contributed by atoms with Gasteiger partial charge < -0.3 is 14.1 Å². The predicted octanol–water partition coefficient (Wildman–Crippen LogP) is 4.49. The Kier molecular flexibility index (Phi) is 6.46. The summed E-state index contributed by atoms with van der Waals surface area (Å²) in [4.78, 5) is 44.7. The van der Waals surface area contributed by atoms with Gasteiger partial charge in [0.25, 0.3) is 5.56 Å². The molecule has 2 heterocycles. The summed E-state index contributed by atoms with van der Waals surface area (Å²) in [5.74, 6) is -0.989. The average molecular weight is 515 g/mol. The van der Waals surface area contributed by atoms with Crippen LogP contribution in [0.15, 0.2) is 69.9 Å². The standard InChI is InChI=1S/C28H23FN4O5/c1-4-37-28(36)18-8-10-21-22(13-18)27(35)33(31-26(21)17-6-5-7-19(29)12-17)15-25(34)32(3)20-9-11-23-24(14-20)38-16(2)30-23/h5-14H,4,15H2,1-3H3. The molecule has 2 aromatic heterocycles. The number of oxazole rings is 1. The van der Waals surface area contributed by atoms with Crippen LogP contribution in [0.25, 0.3) is 33.1 Å². The third kappa shape index (κ3) is 4.63. The normalized spacial score (nSPS) is 11.2. The lowest BCUT2D eigenvalue weighted by atomic mass is 10.0. The number of hydrogen-bond acceptors (Lipinski definition) is 7. The molecule has 0 aliphatic carbocycles. The predicted molar refractivity (Wildman–Crippen MR) is 140 cm³/mol. The Morgan fingerprint density at radius 3 is 2.66 bits per heavy atom. The molecule has 0 saturated carbocycles. The SMILES string of the molecule is CCOC(=O)c1ccc2c(-c3cccc(F)c3)nn(CC(=O)N(C)c3ccc4nc(C)oc4c3)c(=O)c2c1. The molecule has 0 aliphatic heterocycles. The average Bonchev–Trinajstić information content (AvgIpc) is 3.28. The van der Waals surface area contributed by atoms with E-state index in [2.05, 4.69) is 10.1 Å². The summed E-state index contributed by atoms with van der Waals surface area (Å²) in [6.45, 7) is 3.19. The molecular formula is C28H23FN4O5. The Morgan fingerprint density at radius 1 is 1.08 bits per heavy atom. The second-order valence-electron chi connectivity index (χ2n) is 8.64. The van der Waals surface area contributed by atoms with Crippen molar-refractivity contribution in [1.82, 2.24) is 14.8 Å². The van der Waals surface area contributed by atoms with Crippen molar-refractivity contribution in [3.05, 3.63) is 88.3 Å². The van der Waals surface area contributed by atoms with Crippen LogP contribution in [0.1, 0.15) is 23.2 Å². The van der Waals surface area contributed by atoms with Crippen molar-refractivity contribution in [1.29, 1.82) is 0 Å². The number of fused-ring (bicyclic) bond motifs is 2. The molecule has 9 nitrogen and oxygen atoms in total. The van der Waals surface area contributed by atoms with Crippen LogP contribution in [0.4, 0.5) is 10.1 Å². The highest BCUT2D eigenvalue weighted by molar-refractivity contribution is 6.00. The van der Waals surface area contributed by atoms with E-state index in [-0.39, 0.29) is 17.6 Å². The highest BCUT2D eigenvalue weighted by Gasteiger charge is 2.20. The van der Waals surface area contributed by atoms with Crippen LogP contribution in [0.3, 0.4) is 0 Å². The molecule has 0 unspecified atom stereocenters. The van der Waals surface area contributed by atoms with Gasteiger partial charge in [-0.15, -0.1) is 0 Å². The van der Waals surface area contributed by atoms with Crippen LogP contribution in [0.5, 0.6) is 0 Å². The Balaban J connectivity index is 1.58. The topological polar surface area (TPSA) is 108 Å². The Bertz CT molecular complexity index is 1780. The third-order valence-corrected chi connectivity index (χ3v) is 6.09. The van der Waals surface area contributed by atoms with Crippen molar-refractivity contribution < 1.29 is 23.1 Å². The first-order chi connectivity index (χ1) is 18.2. The summed E-state index contributed by atoms with van der Waals surface area (Å²) >= 11 is 0. The molecule has 1 amide bonds. The van der Waals surface area contributed by atoms with E-state index in [1.54, 1.807) is 51.2 Å². The van der Waals surface area contributed by atoms with E-state index in [1.165, 1.54) is 35.2 Å². The lowest BCUT2D eigenvalue weighted by Gasteiger charge is -2.18. The van der Waals surface area contributed by atoms with E-state index >= 15 is 0 Å². The molecule has 0 aliphatic rings. The molecule has 10 heteroatoms. The number of anilines is 1. The van der Waals surface area contributed by atoms with Gasteiger partial charge in [0.15, 0.2) is 11.5 Å². The van der Waals surface area contributed by atoms with E-state index in [9.17, 15) is 18.8 Å². The fourth-order valence-corrected chi connectivity index (χ4v) is 4.20. The second-order valence-corrected chi connectivity index (χ2v) is 8.64. The summed E-state index contributed by atoms with van der Waals surface area (Å²) in [5, 5.41) is 5.00. The second kappa shape index (κ2) is 9.89. The fourth-order valence-electron chi connectivity index (χ4n) is 4.20. The number of amides is 1. The maximum absolute atomic E-state index is 14.1. The van der Waals surface area contributed by atoms with Gasteiger partial charge in [-0.05, 0) is 43.3 Å². The first-order valence-corrected chi connectivity index (χ1v) is 11.9. The molecule has 5 rings (SSSR count).